The van der Waals surface area contributed by atoms with Crippen molar-refractivity contribution in [2.45, 2.75) is 11.8 Å². The number of hydrogen-bond acceptors (Lipinski definition) is 4. The molecule has 0 aliphatic carbocycles. The summed E-state index contributed by atoms with van der Waals surface area (Å²) < 4.78 is 38.9. The molecule has 0 aromatic heterocycles. The third kappa shape index (κ3) is 3.26. The highest BCUT2D eigenvalue weighted by Crippen LogP contribution is 2.23. The molecule has 6 nitrogen and oxygen atoms in total. The number of anilines is 1. The van der Waals surface area contributed by atoms with Gasteiger partial charge in [-0.15, -0.1) is 0 Å². The summed E-state index contributed by atoms with van der Waals surface area (Å²) in [6, 6.07) is 2.09. The van der Waals surface area contributed by atoms with Gasteiger partial charge in [0.05, 0.1) is 11.4 Å². The molecule has 20 heavy (non-hydrogen) atoms. The van der Waals surface area contributed by atoms with E-state index < -0.39 is 15.8 Å². The van der Waals surface area contributed by atoms with Crippen molar-refractivity contribution in [1.82, 2.24) is 9.21 Å². The van der Waals surface area contributed by atoms with Crippen molar-refractivity contribution in [3.05, 3.63) is 23.5 Å². The molecule has 0 saturated heterocycles. The van der Waals surface area contributed by atoms with Crippen molar-refractivity contribution >= 4 is 21.6 Å². The zero-order valence-corrected chi connectivity index (χ0v) is 12.7. The van der Waals surface area contributed by atoms with E-state index in [1.165, 1.54) is 39.0 Å². The Morgan fingerprint density at radius 3 is 2.30 bits per heavy atom. The van der Waals surface area contributed by atoms with Gasteiger partial charge in [0.25, 0.3) is 0 Å². The number of nitrogens with two attached hydrogens (primary N) is 1. The lowest BCUT2D eigenvalue weighted by molar-refractivity contribution is -0.128. The summed E-state index contributed by atoms with van der Waals surface area (Å²) in [5, 5.41) is 0. The molecule has 0 unspecified atom stereocenters. The maximum absolute atomic E-state index is 13.6. The number of carbonyl (C=O) groups excluding carboxylic acids is 1. The van der Waals surface area contributed by atoms with Crippen LogP contribution in [0.3, 0.4) is 0 Å². The molecule has 1 rings (SSSR count). The van der Waals surface area contributed by atoms with Gasteiger partial charge >= 0.3 is 0 Å². The molecule has 1 aromatic carbocycles. The van der Waals surface area contributed by atoms with E-state index in [4.69, 9.17) is 5.73 Å². The van der Waals surface area contributed by atoms with Crippen molar-refractivity contribution in [3.8, 4) is 0 Å². The van der Waals surface area contributed by atoms with Gasteiger partial charge < -0.3 is 10.6 Å². The van der Waals surface area contributed by atoms with Gasteiger partial charge in [0.2, 0.25) is 15.9 Å². The number of carbonyl (C=O) groups is 1. The van der Waals surface area contributed by atoms with Crippen LogP contribution >= 0.6 is 0 Å². The van der Waals surface area contributed by atoms with Crippen LogP contribution in [0, 0.1) is 12.7 Å². The largest absolute Gasteiger partial charge is 0.398 e. The zero-order valence-electron chi connectivity index (χ0n) is 11.8. The number of benzene rings is 1. The first-order valence-electron chi connectivity index (χ1n) is 5.79. The van der Waals surface area contributed by atoms with Gasteiger partial charge in [0.1, 0.15) is 5.82 Å². The quantitative estimate of drug-likeness (QED) is 0.817. The first-order chi connectivity index (χ1) is 9.07. The van der Waals surface area contributed by atoms with Crippen LogP contribution in [0.25, 0.3) is 0 Å². The van der Waals surface area contributed by atoms with Crippen molar-refractivity contribution in [3.63, 3.8) is 0 Å². The van der Waals surface area contributed by atoms with Gasteiger partial charge in [-0.1, -0.05) is 0 Å². The molecule has 0 bridgehead atoms. The number of halogens is 1. The van der Waals surface area contributed by atoms with Gasteiger partial charge in [-0.25, -0.2) is 12.8 Å². The number of hydrogen-bond donors (Lipinski definition) is 1. The highest BCUT2D eigenvalue weighted by atomic mass is 32.2. The second kappa shape index (κ2) is 5.76. The Kier molecular flexibility index (Phi) is 4.72. The summed E-state index contributed by atoms with van der Waals surface area (Å²) in [6.45, 7) is 1.13. The summed E-state index contributed by atoms with van der Waals surface area (Å²) in [5.74, 6) is -1.08. The molecule has 0 saturated carbocycles. The molecular formula is C12H18FN3O3S. The van der Waals surface area contributed by atoms with E-state index in [2.05, 4.69) is 0 Å². The molecule has 0 radical (unpaired) electrons. The Morgan fingerprint density at radius 2 is 1.85 bits per heavy atom. The maximum Gasteiger partial charge on any atom is 0.243 e. The first kappa shape index (κ1) is 16.4. The van der Waals surface area contributed by atoms with E-state index in [0.29, 0.717) is 0 Å². The van der Waals surface area contributed by atoms with Crippen LogP contribution in [-0.4, -0.2) is 51.2 Å². The van der Waals surface area contributed by atoms with Gasteiger partial charge in [0, 0.05) is 32.4 Å². The van der Waals surface area contributed by atoms with Crippen LogP contribution in [0.15, 0.2) is 17.0 Å². The lowest BCUT2D eigenvalue weighted by atomic mass is 10.2. The number of amides is 1. The summed E-state index contributed by atoms with van der Waals surface area (Å²) >= 11 is 0. The fourth-order valence-electron chi connectivity index (χ4n) is 1.42. The fraction of sp³-hybridized carbons (Fsp3) is 0.417. The van der Waals surface area contributed by atoms with Crippen LogP contribution in [0.5, 0.6) is 0 Å². The number of sulfonamides is 1. The Hall–Kier alpha value is -1.67. The molecule has 0 fully saturated rings. The molecule has 0 aliphatic heterocycles. The molecule has 1 aromatic rings. The molecular weight excluding hydrogens is 285 g/mol. The molecule has 0 aliphatic rings. The number of nitrogen functional groups attached to an aromatic ring is 1. The van der Waals surface area contributed by atoms with E-state index in [1.54, 1.807) is 0 Å². The van der Waals surface area contributed by atoms with E-state index in [1.807, 2.05) is 0 Å². The van der Waals surface area contributed by atoms with Crippen molar-refractivity contribution in [2.24, 2.45) is 0 Å². The Balaban J connectivity index is 3.14. The van der Waals surface area contributed by atoms with Crippen LogP contribution in [0.4, 0.5) is 10.1 Å². The average Bonchev–Trinajstić information content (AvgIpc) is 2.34. The normalized spacial score (nSPS) is 11.7. The van der Waals surface area contributed by atoms with Crippen LogP contribution in [-0.2, 0) is 14.8 Å². The Bertz CT molecular complexity index is 606. The van der Waals surface area contributed by atoms with Gasteiger partial charge in [-0.2, -0.15) is 4.31 Å². The van der Waals surface area contributed by atoms with Crippen molar-refractivity contribution < 1.29 is 17.6 Å². The summed E-state index contributed by atoms with van der Waals surface area (Å²) in [7, 11) is 0.331. The summed E-state index contributed by atoms with van der Waals surface area (Å²) in [6.07, 6.45) is 0. The van der Waals surface area contributed by atoms with Crippen LogP contribution in [0.1, 0.15) is 5.56 Å². The van der Waals surface area contributed by atoms with Gasteiger partial charge in [-0.05, 0) is 19.1 Å². The van der Waals surface area contributed by atoms with Crippen molar-refractivity contribution in [1.29, 1.82) is 0 Å². The molecule has 2 N–H and O–H groups in total. The zero-order chi connectivity index (χ0) is 15.7. The molecule has 0 spiro atoms. The fourth-order valence-corrected chi connectivity index (χ4v) is 2.59. The topological polar surface area (TPSA) is 83.7 Å². The SMILES string of the molecule is Cc1c(N)cc(S(=O)(=O)N(C)CC(=O)N(C)C)cc1F. The van der Waals surface area contributed by atoms with Gasteiger partial charge in [-0.3, -0.25) is 4.79 Å². The minimum Gasteiger partial charge on any atom is -0.398 e. The predicted octanol–water partition coefficient (Wildman–Crippen LogP) is 0.425. The van der Waals surface area contributed by atoms with Crippen molar-refractivity contribution in [2.75, 3.05) is 33.4 Å². The Morgan fingerprint density at radius 1 is 1.30 bits per heavy atom. The smallest absolute Gasteiger partial charge is 0.243 e. The third-order valence-electron chi connectivity index (χ3n) is 2.92. The monoisotopic (exact) mass is 303 g/mol. The van der Waals surface area contributed by atoms with Gasteiger partial charge in [0.15, 0.2) is 0 Å². The predicted molar refractivity (Wildman–Crippen MR) is 74.1 cm³/mol. The Labute approximate surface area is 118 Å². The second-order valence-corrected chi connectivity index (χ2v) is 6.71. The highest BCUT2D eigenvalue weighted by Gasteiger charge is 2.25. The minimum atomic E-state index is -3.96. The average molecular weight is 303 g/mol. The van der Waals surface area contributed by atoms with Crippen LogP contribution in [0.2, 0.25) is 0 Å². The molecule has 0 atom stereocenters. The highest BCUT2D eigenvalue weighted by molar-refractivity contribution is 7.89. The molecule has 112 valence electrons. The lowest BCUT2D eigenvalue weighted by Crippen LogP contribution is -2.37. The number of likely N-dealkylation sites (N-methyl/N-ethyl adjacent to an activating group) is 2. The first-order valence-corrected chi connectivity index (χ1v) is 7.23. The van der Waals surface area contributed by atoms with E-state index in [-0.39, 0.29) is 28.6 Å². The van der Waals surface area contributed by atoms with E-state index in [0.717, 1.165) is 10.4 Å². The lowest BCUT2D eigenvalue weighted by Gasteiger charge is -2.19. The maximum atomic E-state index is 13.6. The summed E-state index contributed by atoms with van der Waals surface area (Å²) in [4.78, 5) is 12.5. The molecule has 1 amide bonds. The third-order valence-corrected chi connectivity index (χ3v) is 4.70. The van der Waals surface area contributed by atoms with E-state index in [9.17, 15) is 17.6 Å². The number of rotatable bonds is 4. The molecule has 8 heteroatoms. The second-order valence-electron chi connectivity index (χ2n) is 4.67. The summed E-state index contributed by atoms with van der Waals surface area (Å²) in [5.41, 5.74) is 5.81. The standard InChI is InChI=1S/C12H18FN3O3S/c1-8-10(13)5-9(6-11(8)14)20(18,19)16(4)7-12(17)15(2)3/h5-6H,7,14H2,1-4H3. The molecule has 0 heterocycles. The van der Waals surface area contributed by atoms with Crippen LogP contribution < -0.4 is 5.73 Å². The minimum absolute atomic E-state index is 0.0518. The van der Waals surface area contributed by atoms with E-state index >= 15 is 0 Å². The number of nitrogens with zero attached hydrogens (tertiary/aromatic N) is 2.